The molecule has 164 valence electrons. The first-order chi connectivity index (χ1) is 15.3. The third kappa shape index (κ3) is 4.39. The number of aromatic nitrogens is 4. The third-order valence-corrected chi connectivity index (χ3v) is 8.00. The number of thiophene rings is 1. The second-order valence-electron chi connectivity index (χ2n) is 9.10. The minimum Gasteiger partial charge on any atom is -0.497 e. The number of methoxy groups -OCH3 is 1. The fourth-order valence-corrected chi connectivity index (χ4v) is 6.37. The SMILES string of the molecule is COc1ccc(Cn2nnnc2[C@@H](c2cccs2)N2CCCC3(CCCCC3)C2)cc1. The molecule has 3 heterocycles. The van der Waals surface area contributed by atoms with Gasteiger partial charge in [-0.3, -0.25) is 4.90 Å². The first kappa shape index (κ1) is 20.6. The predicted molar refractivity (Wildman–Crippen MR) is 122 cm³/mol. The van der Waals surface area contributed by atoms with Crippen molar-refractivity contribution in [3.05, 3.63) is 58.0 Å². The van der Waals surface area contributed by atoms with Gasteiger partial charge in [0.15, 0.2) is 5.82 Å². The minimum atomic E-state index is 0.118. The van der Waals surface area contributed by atoms with E-state index in [9.17, 15) is 0 Å². The van der Waals surface area contributed by atoms with Gasteiger partial charge in [0.25, 0.3) is 0 Å². The molecule has 0 radical (unpaired) electrons. The highest BCUT2D eigenvalue weighted by atomic mass is 32.1. The van der Waals surface area contributed by atoms with E-state index in [0.717, 1.165) is 24.7 Å². The number of nitrogens with zero attached hydrogens (tertiary/aromatic N) is 5. The Morgan fingerprint density at radius 2 is 1.87 bits per heavy atom. The van der Waals surface area contributed by atoms with Crippen LogP contribution >= 0.6 is 11.3 Å². The van der Waals surface area contributed by atoms with Gasteiger partial charge in [-0.2, -0.15) is 0 Å². The molecule has 0 N–H and O–H groups in total. The van der Waals surface area contributed by atoms with Gasteiger partial charge in [-0.05, 0) is 77.2 Å². The van der Waals surface area contributed by atoms with Crippen LogP contribution in [-0.2, 0) is 6.54 Å². The van der Waals surface area contributed by atoms with Gasteiger partial charge in [-0.1, -0.05) is 37.5 Å². The Bertz CT molecular complexity index is 957. The fraction of sp³-hybridized carbons (Fsp3) is 0.542. The molecule has 1 aliphatic heterocycles. The Balaban J connectivity index is 1.44. The van der Waals surface area contributed by atoms with E-state index in [-0.39, 0.29) is 6.04 Å². The monoisotopic (exact) mass is 437 g/mol. The number of ether oxygens (including phenoxy) is 1. The van der Waals surface area contributed by atoms with E-state index in [1.54, 1.807) is 7.11 Å². The Morgan fingerprint density at radius 3 is 2.61 bits per heavy atom. The number of piperidine rings is 1. The van der Waals surface area contributed by atoms with E-state index >= 15 is 0 Å². The van der Waals surface area contributed by atoms with Crippen molar-refractivity contribution in [3.8, 4) is 5.75 Å². The van der Waals surface area contributed by atoms with Crippen molar-refractivity contribution in [3.63, 3.8) is 0 Å². The summed E-state index contributed by atoms with van der Waals surface area (Å²) < 4.78 is 7.28. The lowest BCUT2D eigenvalue weighted by molar-refractivity contribution is 0.0350. The van der Waals surface area contributed by atoms with Crippen LogP contribution in [0.3, 0.4) is 0 Å². The molecule has 1 aromatic carbocycles. The molecule has 1 spiro atoms. The lowest BCUT2D eigenvalue weighted by Crippen LogP contribution is -2.46. The zero-order valence-corrected chi connectivity index (χ0v) is 19.1. The summed E-state index contributed by atoms with van der Waals surface area (Å²) in [4.78, 5) is 4.00. The lowest BCUT2D eigenvalue weighted by Gasteiger charge is -2.47. The second-order valence-corrected chi connectivity index (χ2v) is 10.1. The maximum absolute atomic E-state index is 5.30. The van der Waals surface area contributed by atoms with Gasteiger partial charge in [0.05, 0.1) is 13.7 Å². The third-order valence-electron chi connectivity index (χ3n) is 7.08. The Kier molecular flexibility index (Phi) is 6.05. The van der Waals surface area contributed by atoms with E-state index in [0.29, 0.717) is 12.0 Å². The number of benzene rings is 1. The zero-order valence-electron chi connectivity index (χ0n) is 18.2. The van der Waals surface area contributed by atoms with Gasteiger partial charge in [0.2, 0.25) is 0 Å². The van der Waals surface area contributed by atoms with Crippen LogP contribution < -0.4 is 4.74 Å². The Morgan fingerprint density at radius 1 is 1.06 bits per heavy atom. The summed E-state index contributed by atoms with van der Waals surface area (Å²) in [6.45, 7) is 2.93. The Hall–Kier alpha value is -2.25. The molecule has 1 atom stereocenters. The molecule has 2 fully saturated rings. The largest absolute Gasteiger partial charge is 0.497 e. The molecule has 1 saturated heterocycles. The minimum absolute atomic E-state index is 0.118. The number of hydrogen-bond donors (Lipinski definition) is 0. The van der Waals surface area contributed by atoms with Crippen molar-refractivity contribution in [1.82, 2.24) is 25.1 Å². The van der Waals surface area contributed by atoms with Crippen molar-refractivity contribution in [2.45, 2.75) is 57.5 Å². The highest BCUT2D eigenvalue weighted by molar-refractivity contribution is 7.10. The lowest BCUT2D eigenvalue weighted by atomic mass is 9.69. The summed E-state index contributed by atoms with van der Waals surface area (Å²) in [7, 11) is 1.69. The number of likely N-dealkylation sites (tertiary alicyclic amines) is 1. The standard InChI is InChI=1S/C24H31N5OS/c1-30-20-10-8-19(9-11-20)17-29-23(25-26-27-29)22(21-7-5-16-31-21)28-15-6-14-24(18-28)12-3-2-4-13-24/h5,7-11,16,22H,2-4,6,12-15,17-18H2,1H3/t22-/m1/s1. The van der Waals surface area contributed by atoms with Gasteiger partial charge < -0.3 is 4.74 Å². The van der Waals surface area contributed by atoms with E-state index in [4.69, 9.17) is 4.74 Å². The van der Waals surface area contributed by atoms with Crippen molar-refractivity contribution < 1.29 is 4.74 Å². The van der Waals surface area contributed by atoms with Crippen LogP contribution in [0.25, 0.3) is 0 Å². The van der Waals surface area contributed by atoms with Crippen LogP contribution in [0, 0.1) is 5.41 Å². The van der Waals surface area contributed by atoms with Crippen molar-refractivity contribution in [2.75, 3.05) is 20.2 Å². The zero-order chi connectivity index (χ0) is 21.1. The molecule has 6 nitrogen and oxygen atoms in total. The quantitative estimate of drug-likeness (QED) is 0.547. The molecular weight excluding hydrogens is 406 g/mol. The molecule has 2 aliphatic rings. The topological polar surface area (TPSA) is 56.1 Å². The summed E-state index contributed by atoms with van der Waals surface area (Å²) >= 11 is 1.81. The van der Waals surface area contributed by atoms with Crippen molar-refractivity contribution in [1.29, 1.82) is 0 Å². The van der Waals surface area contributed by atoms with Gasteiger partial charge in [0, 0.05) is 11.4 Å². The van der Waals surface area contributed by atoms with Crippen LogP contribution in [0.5, 0.6) is 5.75 Å². The maximum atomic E-state index is 5.30. The van der Waals surface area contributed by atoms with Crippen molar-refractivity contribution >= 4 is 11.3 Å². The van der Waals surface area contributed by atoms with Crippen LogP contribution in [0.2, 0.25) is 0 Å². The smallest absolute Gasteiger partial charge is 0.174 e. The van der Waals surface area contributed by atoms with Gasteiger partial charge in [-0.15, -0.1) is 16.4 Å². The van der Waals surface area contributed by atoms with Crippen molar-refractivity contribution in [2.24, 2.45) is 5.41 Å². The molecule has 7 heteroatoms. The van der Waals surface area contributed by atoms with Crippen LogP contribution in [0.15, 0.2) is 41.8 Å². The molecule has 3 aromatic rings. The van der Waals surface area contributed by atoms with Gasteiger partial charge in [-0.25, -0.2) is 4.68 Å². The summed E-state index contributed by atoms with van der Waals surface area (Å²) in [5.74, 6) is 1.81. The number of hydrogen-bond acceptors (Lipinski definition) is 6. The normalized spacial score (nSPS) is 20.0. The molecule has 0 amide bonds. The maximum Gasteiger partial charge on any atom is 0.174 e. The average molecular weight is 438 g/mol. The first-order valence-corrected chi connectivity index (χ1v) is 12.3. The van der Waals surface area contributed by atoms with Gasteiger partial charge in [0.1, 0.15) is 11.8 Å². The molecule has 1 saturated carbocycles. The van der Waals surface area contributed by atoms with E-state index in [2.05, 4.69) is 50.1 Å². The number of rotatable bonds is 6. The van der Waals surface area contributed by atoms with Crippen LogP contribution in [0.1, 0.15) is 67.3 Å². The van der Waals surface area contributed by atoms with Crippen LogP contribution in [0.4, 0.5) is 0 Å². The highest BCUT2D eigenvalue weighted by Gasteiger charge is 2.40. The van der Waals surface area contributed by atoms with Crippen LogP contribution in [-0.4, -0.2) is 45.3 Å². The second kappa shape index (κ2) is 9.09. The Labute approximate surface area is 188 Å². The molecule has 1 aliphatic carbocycles. The average Bonchev–Trinajstić information content (AvgIpc) is 3.49. The van der Waals surface area contributed by atoms with Gasteiger partial charge >= 0.3 is 0 Å². The molecule has 5 rings (SSSR count). The first-order valence-electron chi connectivity index (χ1n) is 11.4. The summed E-state index contributed by atoms with van der Waals surface area (Å²) in [5, 5.41) is 15.2. The number of tetrazole rings is 1. The highest BCUT2D eigenvalue weighted by Crippen LogP contribution is 2.46. The molecule has 0 unspecified atom stereocenters. The summed E-state index contributed by atoms with van der Waals surface area (Å²) in [6, 6.07) is 12.7. The molecule has 0 bridgehead atoms. The fourth-order valence-electron chi connectivity index (χ4n) is 5.52. The molecular formula is C24H31N5OS. The summed E-state index contributed by atoms with van der Waals surface area (Å²) in [6.07, 6.45) is 9.55. The predicted octanol–water partition coefficient (Wildman–Crippen LogP) is 4.93. The van der Waals surface area contributed by atoms with E-state index in [1.165, 1.54) is 55.4 Å². The summed E-state index contributed by atoms with van der Waals surface area (Å²) in [5.41, 5.74) is 1.65. The van der Waals surface area contributed by atoms with E-state index < -0.39 is 0 Å². The van der Waals surface area contributed by atoms with E-state index in [1.807, 2.05) is 28.2 Å². The molecule has 2 aromatic heterocycles. The molecule has 31 heavy (non-hydrogen) atoms.